The lowest BCUT2D eigenvalue weighted by Crippen LogP contribution is -2.39. The molecule has 1 heterocycles. The van der Waals surface area contributed by atoms with Crippen molar-refractivity contribution < 1.29 is 13.9 Å². The maximum absolute atomic E-state index is 13.0. The highest BCUT2D eigenvalue weighted by molar-refractivity contribution is 9.10. The van der Waals surface area contributed by atoms with Gasteiger partial charge in [0.1, 0.15) is 11.4 Å². The largest absolute Gasteiger partial charge is 0.365 e. The number of ether oxygens (including phenoxy) is 1. The van der Waals surface area contributed by atoms with Crippen molar-refractivity contribution in [1.29, 1.82) is 0 Å². The van der Waals surface area contributed by atoms with Gasteiger partial charge in [-0.15, -0.1) is 0 Å². The Hall–Kier alpha value is -0.940. The lowest BCUT2D eigenvalue weighted by atomic mass is 10.0. The second kappa shape index (κ2) is 4.74. The average molecular weight is 302 g/mol. The maximum atomic E-state index is 13.0. The van der Waals surface area contributed by atoms with Gasteiger partial charge in [-0.3, -0.25) is 4.79 Å². The van der Waals surface area contributed by atoms with Gasteiger partial charge >= 0.3 is 0 Å². The Labute approximate surface area is 107 Å². The molecule has 17 heavy (non-hydrogen) atoms. The maximum Gasteiger partial charge on any atom is 0.256 e. The van der Waals surface area contributed by atoms with Crippen LogP contribution in [-0.2, 0) is 9.53 Å². The fourth-order valence-electron chi connectivity index (χ4n) is 1.80. The molecule has 0 spiro atoms. The van der Waals surface area contributed by atoms with Crippen molar-refractivity contribution in [3.63, 3.8) is 0 Å². The van der Waals surface area contributed by atoms with Gasteiger partial charge in [-0.05, 0) is 53.9 Å². The number of anilines is 1. The molecule has 0 saturated carbocycles. The molecule has 5 heteroatoms. The van der Waals surface area contributed by atoms with E-state index in [0.717, 1.165) is 6.42 Å². The lowest BCUT2D eigenvalue weighted by Gasteiger charge is -2.21. The SMILES string of the molecule is CC1(C(=O)Nc2ccc(F)c(Br)c2)CCCO1. The van der Waals surface area contributed by atoms with Crippen LogP contribution in [-0.4, -0.2) is 18.1 Å². The molecular formula is C12H13BrFNO2. The number of hydrogen-bond acceptors (Lipinski definition) is 2. The summed E-state index contributed by atoms with van der Waals surface area (Å²) in [6.07, 6.45) is 1.60. The number of carbonyl (C=O) groups is 1. The number of hydrogen-bond donors (Lipinski definition) is 1. The molecule has 0 bridgehead atoms. The summed E-state index contributed by atoms with van der Waals surface area (Å²) >= 11 is 3.08. The van der Waals surface area contributed by atoms with Gasteiger partial charge in [-0.2, -0.15) is 0 Å². The molecule has 2 rings (SSSR count). The second-order valence-electron chi connectivity index (χ2n) is 4.27. The fraction of sp³-hybridized carbons (Fsp3) is 0.417. The Kier molecular flexibility index (Phi) is 3.49. The van der Waals surface area contributed by atoms with Crippen molar-refractivity contribution in [2.75, 3.05) is 11.9 Å². The molecule has 92 valence electrons. The summed E-state index contributed by atoms with van der Waals surface area (Å²) < 4.78 is 18.8. The number of halogens is 2. The minimum atomic E-state index is -0.763. The van der Waals surface area contributed by atoms with E-state index in [-0.39, 0.29) is 11.7 Å². The molecule has 1 aliphatic heterocycles. The molecule has 0 aliphatic carbocycles. The van der Waals surface area contributed by atoms with E-state index in [4.69, 9.17) is 4.74 Å². The molecule has 1 amide bonds. The molecule has 1 atom stereocenters. The second-order valence-corrected chi connectivity index (χ2v) is 5.12. The topological polar surface area (TPSA) is 38.3 Å². The smallest absolute Gasteiger partial charge is 0.256 e. The zero-order valence-corrected chi connectivity index (χ0v) is 11.0. The van der Waals surface area contributed by atoms with E-state index >= 15 is 0 Å². The minimum absolute atomic E-state index is 0.187. The average Bonchev–Trinajstić information content (AvgIpc) is 2.72. The van der Waals surface area contributed by atoms with E-state index in [1.807, 2.05) is 0 Å². The van der Waals surface area contributed by atoms with Crippen molar-refractivity contribution in [2.24, 2.45) is 0 Å². The summed E-state index contributed by atoms with van der Waals surface area (Å²) in [4.78, 5) is 12.0. The predicted molar refractivity (Wildman–Crippen MR) is 66.3 cm³/mol. The van der Waals surface area contributed by atoms with E-state index in [1.165, 1.54) is 18.2 Å². The van der Waals surface area contributed by atoms with Crippen molar-refractivity contribution in [1.82, 2.24) is 0 Å². The number of rotatable bonds is 2. The van der Waals surface area contributed by atoms with Crippen molar-refractivity contribution in [2.45, 2.75) is 25.4 Å². The first-order valence-electron chi connectivity index (χ1n) is 5.42. The van der Waals surface area contributed by atoms with Crippen LogP contribution in [0.2, 0.25) is 0 Å². The molecule has 1 saturated heterocycles. The van der Waals surface area contributed by atoms with Crippen LogP contribution in [0, 0.1) is 5.82 Å². The molecule has 1 unspecified atom stereocenters. The zero-order valence-electron chi connectivity index (χ0n) is 9.43. The third-order valence-corrected chi connectivity index (χ3v) is 3.48. The Morgan fingerprint density at radius 2 is 2.35 bits per heavy atom. The highest BCUT2D eigenvalue weighted by Gasteiger charge is 2.37. The van der Waals surface area contributed by atoms with Gasteiger partial charge in [-0.25, -0.2) is 4.39 Å². The zero-order chi connectivity index (χ0) is 12.5. The van der Waals surface area contributed by atoms with Gasteiger partial charge in [0.15, 0.2) is 0 Å². The van der Waals surface area contributed by atoms with Crippen LogP contribution in [0.3, 0.4) is 0 Å². The van der Waals surface area contributed by atoms with Crippen LogP contribution in [0.25, 0.3) is 0 Å². The normalized spacial score (nSPS) is 23.7. The van der Waals surface area contributed by atoms with Crippen molar-refractivity contribution in [3.8, 4) is 0 Å². The summed E-state index contributed by atoms with van der Waals surface area (Å²) in [5, 5.41) is 2.73. The molecule has 3 nitrogen and oxygen atoms in total. The molecule has 1 fully saturated rings. The van der Waals surface area contributed by atoms with Gasteiger partial charge in [0.2, 0.25) is 0 Å². The summed E-state index contributed by atoms with van der Waals surface area (Å²) in [5.41, 5.74) is -0.207. The first-order valence-corrected chi connectivity index (χ1v) is 6.21. The number of benzene rings is 1. The fourth-order valence-corrected chi connectivity index (χ4v) is 2.17. The highest BCUT2D eigenvalue weighted by Crippen LogP contribution is 2.27. The van der Waals surface area contributed by atoms with Gasteiger partial charge in [0, 0.05) is 12.3 Å². The number of amides is 1. The third kappa shape index (κ3) is 2.66. The van der Waals surface area contributed by atoms with E-state index in [2.05, 4.69) is 21.2 Å². The number of nitrogens with one attached hydrogen (secondary N) is 1. The summed E-state index contributed by atoms with van der Waals surface area (Å²) in [6.45, 7) is 2.38. The Morgan fingerprint density at radius 3 is 2.94 bits per heavy atom. The van der Waals surface area contributed by atoms with E-state index in [0.29, 0.717) is 23.2 Å². The molecule has 0 radical (unpaired) electrons. The van der Waals surface area contributed by atoms with Crippen LogP contribution in [0.1, 0.15) is 19.8 Å². The third-order valence-electron chi connectivity index (χ3n) is 2.88. The summed E-state index contributed by atoms with van der Waals surface area (Å²) in [5.74, 6) is -0.542. The first-order chi connectivity index (χ1) is 8.01. The molecule has 1 aromatic carbocycles. The van der Waals surface area contributed by atoms with Crippen molar-refractivity contribution >= 4 is 27.5 Å². The summed E-state index contributed by atoms with van der Waals surface area (Å²) in [7, 11) is 0. The standard InChI is InChI=1S/C12H13BrFNO2/c1-12(5-2-6-17-12)11(16)15-8-3-4-10(14)9(13)7-8/h3-4,7H,2,5-6H2,1H3,(H,15,16). The molecule has 1 aromatic rings. The highest BCUT2D eigenvalue weighted by atomic mass is 79.9. The Balaban J connectivity index is 2.10. The quantitative estimate of drug-likeness (QED) is 0.911. The molecule has 1 aliphatic rings. The first kappa shape index (κ1) is 12.5. The summed E-state index contributed by atoms with van der Waals surface area (Å²) in [6, 6.07) is 4.36. The van der Waals surface area contributed by atoms with E-state index in [1.54, 1.807) is 6.92 Å². The Bertz CT molecular complexity index is 444. The van der Waals surface area contributed by atoms with Crippen LogP contribution in [0.5, 0.6) is 0 Å². The van der Waals surface area contributed by atoms with E-state index < -0.39 is 5.60 Å². The van der Waals surface area contributed by atoms with E-state index in [9.17, 15) is 9.18 Å². The van der Waals surface area contributed by atoms with Gasteiger partial charge in [0.05, 0.1) is 4.47 Å². The van der Waals surface area contributed by atoms with Crippen molar-refractivity contribution in [3.05, 3.63) is 28.5 Å². The van der Waals surface area contributed by atoms with Crippen LogP contribution >= 0.6 is 15.9 Å². The van der Waals surface area contributed by atoms with Crippen LogP contribution in [0.15, 0.2) is 22.7 Å². The van der Waals surface area contributed by atoms with Gasteiger partial charge < -0.3 is 10.1 Å². The molecule has 0 aromatic heterocycles. The van der Waals surface area contributed by atoms with Crippen LogP contribution < -0.4 is 5.32 Å². The minimum Gasteiger partial charge on any atom is -0.365 e. The van der Waals surface area contributed by atoms with Crippen LogP contribution in [0.4, 0.5) is 10.1 Å². The molecular weight excluding hydrogens is 289 g/mol. The van der Waals surface area contributed by atoms with Gasteiger partial charge in [-0.1, -0.05) is 0 Å². The predicted octanol–water partition coefficient (Wildman–Crippen LogP) is 3.10. The Morgan fingerprint density at radius 1 is 1.59 bits per heavy atom. The molecule has 1 N–H and O–H groups in total. The lowest BCUT2D eigenvalue weighted by molar-refractivity contribution is -0.133. The monoisotopic (exact) mass is 301 g/mol. The number of carbonyl (C=O) groups excluding carboxylic acids is 1. The van der Waals surface area contributed by atoms with Gasteiger partial charge in [0.25, 0.3) is 5.91 Å².